The third-order valence-corrected chi connectivity index (χ3v) is 4.61. The van der Waals surface area contributed by atoms with Gasteiger partial charge in [-0.2, -0.15) is 0 Å². The van der Waals surface area contributed by atoms with Gasteiger partial charge in [-0.1, -0.05) is 12.5 Å². The quantitative estimate of drug-likeness (QED) is 0.839. The molecule has 1 aromatic rings. The van der Waals surface area contributed by atoms with Gasteiger partial charge >= 0.3 is 0 Å². The molecule has 1 unspecified atom stereocenters. The van der Waals surface area contributed by atoms with Crippen LogP contribution in [0.3, 0.4) is 0 Å². The van der Waals surface area contributed by atoms with Crippen molar-refractivity contribution in [1.82, 2.24) is 4.90 Å². The molecule has 1 aromatic carbocycles. The monoisotopic (exact) mass is 274 g/mol. The number of ether oxygens (including phenoxy) is 1. The zero-order chi connectivity index (χ0) is 13.8. The van der Waals surface area contributed by atoms with Crippen LogP contribution in [0.2, 0.25) is 0 Å². The molecule has 3 nitrogen and oxygen atoms in total. The molecule has 3 rings (SSSR count). The van der Waals surface area contributed by atoms with Crippen molar-refractivity contribution in [3.05, 3.63) is 29.3 Å². The van der Waals surface area contributed by atoms with Crippen molar-refractivity contribution in [3.8, 4) is 5.75 Å². The highest BCUT2D eigenvalue weighted by atomic mass is 16.5. The smallest absolute Gasteiger partial charge is 0.119 e. The van der Waals surface area contributed by atoms with Crippen LogP contribution in [0.25, 0.3) is 0 Å². The van der Waals surface area contributed by atoms with E-state index in [2.05, 4.69) is 23.1 Å². The summed E-state index contributed by atoms with van der Waals surface area (Å²) in [4.78, 5) is 2.68. The SMILES string of the molecule is NCCCOc1ccc2c(c1)C(N1CCCCC1)CC2. The van der Waals surface area contributed by atoms with Crippen LogP contribution in [0.5, 0.6) is 5.75 Å². The fraction of sp³-hybridized carbons (Fsp3) is 0.647. The third kappa shape index (κ3) is 2.99. The number of aryl methyl sites for hydroxylation is 1. The van der Waals surface area contributed by atoms with Gasteiger partial charge in [0.2, 0.25) is 0 Å². The maximum Gasteiger partial charge on any atom is 0.119 e. The molecule has 1 atom stereocenters. The molecule has 0 aromatic heterocycles. The van der Waals surface area contributed by atoms with Crippen molar-refractivity contribution in [3.63, 3.8) is 0 Å². The Morgan fingerprint density at radius 3 is 2.85 bits per heavy atom. The summed E-state index contributed by atoms with van der Waals surface area (Å²) < 4.78 is 5.81. The summed E-state index contributed by atoms with van der Waals surface area (Å²) >= 11 is 0. The number of piperidine rings is 1. The number of likely N-dealkylation sites (tertiary alicyclic amines) is 1. The number of hydrogen-bond acceptors (Lipinski definition) is 3. The van der Waals surface area contributed by atoms with Gasteiger partial charge in [-0.3, -0.25) is 4.90 Å². The van der Waals surface area contributed by atoms with E-state index in [-0.39, 0.29) is 0 Å². The fourth-order valence-corrected chi connectivity index (χ4v) is 3.53. The number of nitrogens with two attached hydrogens (primary N) is 1. The summed E-state index contributed by atoms with van der Waals surface area (Å²) in [5, 5.41) is 0. The first-order valence-electron chi connectivity index (χ1n) is 8.08. The van der Waals surface area contributed by atoms with Gasteiger partial charge in [0, 0.05) is 6.04 Å². The van der Waals surface area contributed by atoms with E-state index in [1.807, 2.05) is 0 Å². The van der Waals surface area contributed by atoms with E-state index in [4.69, 9.17) is 10.5 Å². The Kier molecular flexibility index (Phi) is 4.58. The normalized spacial score (nSPS) is 22.8. The van der Waals surface area contributed by atoms with E-state index in [9.17, 15) is 0 Å². The number of fused-ring (bicyclic) bond motifs is 1. The highest BCUT2D eigenvalue weighted by molar-refractivity contribution is 5.41. The summed E-state index contributed by atoms with van der Waals surface area (Å²) in [6.07, 6.45) is 7.54. The van der Waals surface area contributed by atoms with E-state index in [1.54, 1.807) is 0 Å². The van der Waals surface area contributed by atoms with Gasteiger partial charge in [-0.15, -0.1) is 0 Å². The predicted octanol–water partition coefficient (Wildman–Crippen LogP) is 2.89. The van der Waals surface area contributed by atoms with Gasteiger partial charge in [-0.05, 0) is 75.0 Å². The first kappa shape index (κ1) is 13.9. The van der Waals surface area contributed by atoms with Crippen LogP contribution in [0.15, 0.2) is 18.2 Å². The van der Waals surface area contributed by atoms with Crippen LogP contribution >= 0.6 is 0 Å². The lowest BCUT2D eigenvalue weighted by Gasteiger charge is -2.32. The first-order chi connectivity index (χ1) is 9.88. The molecule has 2 aliphatic rings. The Morgan fingerprint density at radius 2 is 2.05 bits per heavy atom. The molecule has 1 saturated heterocycles. The van der Waals surface area contributed by atoms with Gasteiger partial charge in [0.1, 0.15) is 5.75 Å². The first-order valence-corrected chi connectivity index (χ1v) is 8.08. The highest BCUT2D eigenvalue weighted by Crippen LogP contribution is 2.38. The highest BCUT2D eigenvalue weighted by Gasteiger charge is 2.28. The minimum absolute atomic E-state index is 0.628. The van der Waals surface area contributed by atoms with Crippen LogP contribution < -0.4 is 10.5 Å². The summed E-state index contributed by atoms with van der Waals surface area (Å²) in [6.45, 7) is 3.95. The molecule has 1 aliphatic heterocycles. The molecule has 0 saturated carbocycles. The predicted molar refractivity (Wildman–Crippen MR) is 82.1 cm³/mol. The Hall–Kier alpha value is -1.06. The minimum Gasteiger partial charge on any atom is -0.494 e. The maximum absolute atomic E-state index is 5.81. The van der Waals surface area contributed by atoms with Crippen LogP contribution in [0, 0.1) is 0 Å². The largest absolute Gasteiger partial charge is 0.494 e. The van der Waals surface area contributed by atoms with E-state index >= 15 is 0 Å². The summed E-state index contributed by atoms with van der Waals surface area (Å²) in [5.41, 5.74) is 8.55. The lowest BCUT2D eigenvalue weighted by Crippen LogP contribution is -2.32. The van der Waals surface area contributed by atoms with Crippen molar-refractivity contribution >= 4 is 0 Å². The average Bonchev–Trinajstić information content (AvgIpc) is 2.91. The molecular weight excluding hydrogens is 248 g/mol. The molecular formula is C17H26N2O. The lowest BCUT2D eigenvalue weighted by molar-refractivity contribution is 0.163. The fourth-order valence-electron chi connectivity index (χ4n) is 3.53. The molecule has 0 spiro atoms. The summed E-state index contributed by atoms with van der Waals surface area (Å²) in [5.74, 6) is 1.01. The van der Waals surface area contributed by atoms with Crippen molar-refractivity contribution in [2.75, 3.05) is 26.2 Å². The molecule has 1 fully saturated rings. The minimum atomic E-state index is 0.628. The van der Waals surface area contributed by atoms with Gasteiger partial charge in [0.15, 0.2) is 0 Å². The standard InChI is InChI=1S/C17H26N2O/c18-9-4-12-20-15-7-5-14-6-8-17(16(14)13-15)19-10-2-1-3-11-19/h5,7,13,17H,1-4,6,8-12,18H2. The molecule has 110 valence electrons. The Morgan fingerprint density at radius 1 is 1.20 bits per heavy atom. The average molecular weight is 274 g/mol. The molecule has 3 heteroatoms. The molecule has 2 N–H and O–H groups in total. The van der Waals surface area contributed by atoms with Gasteiger partial charge in [0.25, 0.3) is 0 Å². The zero-order valence-corrected chi connectivity index (χ0v) is 12.3. The Bertz CT molecular complexity index is 441. The van der Waals surface area contributed by atoms with Gasteiger partial charge < -0.3 is 10.5 Å². The van der Waals surface area contributed by atoms with Crippen LogP contribution in [-0.2, 0) is 6.42 Å². The van der Waals surface area contributed by atoms with E-state index < -0.39 is 0 Å². The van der Waals surface area contributed by atoms with Crippen molar-refractivity contribution in [2.24, 2.45) is 5.73 Å². The Balaban J connectivity index is 1.71. The van der Waals surface area contributed by atoms with Crippen molar-refractivity contribution in [2.45, 2.75) is 44.6 Å². The molecule has 20 heavy (non-hydrogen) atoms. The lowest BCUT2D eigenvalue weighted by atomic mass is 10.0. The number of benzene rings is 1. The third-order valence-electron chi connectivity index (χ3n) is 4.61. The van der Waals surface area contributed by atoms with Crippen molar-refractivity contribution < 1.29 is 4.74 Å². The zero-order valence-electron chi connectivity index (χ0n) is 12.3. The number of rotatable bonds is 5. The molecule has 0 amide bonds. The second kappa shape index (κ2) is 6.59. The summed E-state index contributed by atoms with van der Waals surface area (Å²) in [7, 11) is 0. The van der Waals surface area contributed by atoms with Crippen LogP contribution in [0.1, 0.15) is 49.3 Å². The van der Waals surface area contributed by atoms with Crippen LogP contribution in [0.4, 0.5) is 0 Å². The van der Waals surface area contributed by atoms with Crippen LogP contribution in [-0.4, -0.2) is 31.1 Å². The van der Waals surface area contributed by atoms with E-state index in [1.165, 1.54) is 56.3 Å². The topological polar surface area (TPSA) is 38.5 Å². The second-order valence-electron chi connectivity index (χ2n) is 6.00. The molecule has 0 radical (unpaired) electrons. The Labute approximate surface area is 122 Å². The van der Waals surface area contributed by atoms with Gasteiger partial charge in [0.05, 0.1) is 6.61 Å². The second-order valence-corrected chi connectivity index (χ2v) is 6.00. The maximum atomic E-state index is 5.81. The molecule has 0 bridgehead atoms. The van der Waals surface area contributed by atoms with Gasteiger partial charge in [-0.25, -0.2) is 0 Å². The molecule has 1 aliphatic carbocycles. The van der Waals surface area contributed by atoms with E-state index in [0.717, 1.165) is 18.8 Å². The van der Waals surface area contributed by atoms with E-state index in [0.29, 0.717) is 12.6 Å². The summed E-state index contributed by atoms with van der Waals surface area (Å²) in [6, 6.07) is 7.28. The van der Waals surface area contributed by atoms with Crippen molar-refractivity contribution in [1.29, 1.82) is 0 Å². The molecule has 1 heterocycles. The number of nitrogens with zero attached hydrogens (tertiary/aromatic N) is 1. The number of hydrogen-bond donors (Lipinski definition) is 1.